The first-order valence-corrected chi connectivity index (χ1v) is 4.50. The van der Waals surface area contributed by atoms with Crippen molar-refractivity contribution < 1.29 is 4.57 Å². The summed E-state index contributed by atoms with van der Waals surface area (Å²) in [6.45, 7) is 11.0. The SMILES string of the molecule is CC(C)n1cc[n+](C(C)(C)C)c1. The summed E-state index contributed by atoms with van der Waals surface area (Å²) in [6.07, 6.45) is 6.40. The van der Waals surface area contributed by atoms with Crippen molar-refractivity contribution in [3.8, 4) is 0 Å². The van der Waals surface area contributed by atoms with E-state index in [9.17, 15) is 0 Å². The molecule has 0 spiro atoms. The Morgan fingerprint density at radius 1 is 1.25 bits per heavy atom. The highest BCUT2D eigenvalue weighted by molar-refractivity contribution is 4.71. The number of rotatable bonds is 1. The van der Waals surface area contributed by atoms with Crippen LogP contribution in [-0.2, 0) is 5.54 Å². The summed E-state index contributed by atoms with van der Waals surface area (Å²) in [6, 6.07) is 0.550. The summed E-state index contributed by atoms with van der Waals surface area (Å²) < 4.78 is 4.44. The van der Waals surface area contributed by atoms with Crippen molar-refractivity contribution >= 4 is 0 Å². The maximum atomic E-state index is 2.23. The van der Waals surface area contributed by atoms with Crippen LogP contribution in [-0.4, -0.2) is 4.57 Å². The molecule has 0 N–H and O–H groups in total. The van der Waals surface area contributed by atoms with Gasteiger partial charge in [0.2, 0.25) is 6.33 Å². The molecule has 0 aromatic carbocycles. The van der Waals surface area contributed by atoms with Gasteiger partial charge in [0.15, 0.2) is 0 Å². The lowest BCUT2D eigenvalue weighted by Crippen LogP contribution is -2.48. The van der Waals surface area contributed by atoms with Crippen LogP contribution in [0.2, 0.25) is 0 Å². The van der Waals surface area contributed by atoms with E-state index in [0.717, 1.165) is 0 Å². The minimum absolute atomic E-state index is 0.195. The fraction of sp³-hybridized carbons (Fsp3) is 0.700. The number of aromatic nitrogens is 2. The van der Waals surface area contributed by atoms with Crippen LogP contribution < -0.4 is 4.57 Å². The Morgan fingerprint density at radius 3 is 2.08 bits per heavy atom. The van der Waals surface area contributed by atoms with Gasteiger partial charge in [-0.1, -0.05) is 0 Å². The van der Waals surface area contributed by atoms with Crippen molar-refractivity contribution in [1.82, 2.24) is 4.57 Å². The van der Waals surface area contributed by atoms with Crippen molar-refractivity contribution in [2.75, 3.05) is 0 Å². The Labute approximate surface area is 74.8 Å². The van der Waals surface area contributed by atoms with Crippen LogP contribution in [0.1, 0.15) is 40.7 Å². The molecule has 0 aliphatic heterocycles. The van der Waals surface area contributed by atoms with Crippen LogP contribution in [0.25, 0.3) is 0 Å². The maximum absolute atomic E-state index is 2.23. The van der Waals surface area contributed by atoms with Gasteiger partial charge in [0.25, 0.3) is 0 Å². The molecule has 1 aromatic rings. The molecule has 2 heteroatoms. The predicted octanol–water partition coefficient (Wildman–Crippen LogP) is 2.11. The number of imidazole rings is 1. The number of hydrogen-bond donors (Lipinski definition) is 0. The first-order valence-electron chi connectivity index (χ1n) is 4.50. The zero-order valence-electron chi connectivity index (χ0n) is 8.70. The van der Waals surface area contributed by atoms with E-state index < -0.39 is 0 Å². The zero-order chi connectivity index (χ0) is 9.35. The van der Waals surface area contributed by atoms with Crippen molar-refractivity contribution in [3.05, 3.63) is 18.7 Å². The molecule has 0 unspecified atom stereocenters. The molecule has 0 saturated heterocycles. The lowest BCUT2D eigenvalue weighted by atomic mass is 10.1. The largest absolute Gasteiger partial charge is 0.244 e. The molecule has 0 amide bonds. The zero-order valence-corrected chi connectivity index (χ0v) is 8.70. The molecule has 0 aliphatic carbocycles. The van der Waals surface area contributed by atoms with Gasteiger partial charge >= 0.3 is 0 Å². The summed E-state index contributed by atoms with van der Waals surface area (Å²) in [5, 5.41) is 0. The second-order valence-corrected chi connectivity index (χ2v) is 4.53. The third kappa shape index (κ3) is 1.87. The van der Waals surface area contributed by atoms with Crippen LogP contribution in [0.15, 0.2) is 18.7 Å². The minimum atomic E-state index is 0.195. The van der Waals surface area contributed by atoms with E-state index in [-0.39, 0.29) is 5.54 Å². The van der Waals surface area contributed by atoms with E-state index in [1.807, 2.05) is 0 Å². The fourth-order valence-corrected chi connectivity index (χ4v) is 1.07. The van der Waals surface area contributed by atoms with E-state index in [1.165, 1.54) is 0 Å². The molecule has 0 radical (unpaired) electrons. The van der Waals surface area contributed by atoms with Gasteiger partial charge in [-0.15, -0.1) is 0 Å². The van der Waals surface area contributed by atoms with E-state index in [0.29, 0.717) is 6.04 Å². The first kappa shape index (κ1) is 9.30. The standard InChI is InChI=1S/C10H19N2/c1-9(2)11-6-7-12(8-11)10(3,4)5/h6-9H,1-5H3/q+1. The fourth-order valence-electron chi connectivity index (χ4n) is 1.07. The Bertz CT molecular complexity index is 253. The van der Waals surface area contributed by atoms with Gasteiger partial charge in [0.1, 0.15) is 17.9 Å². The third-order valence-electron chi connectivity index (χ3n) is 2.03. The van der Waals surface area contributed by atoms with Crippen molar-refractivity contribution in [3.63, 3.8) is 0 Å². The molecular weight excluding hydrogens is 148 g/mol. The Kier molecular flexibility index (Phi) is 2.27. The van der Waals surface area contributed by atoms with Crippen molar-refractivity contribution in [2.24, 2.45) is 0 Å². The van der Waals surface area contributed by atoms with E-state index in [2.05, 4.69) is 62.5 Å². The number of nitrogens with zero attached hydrogens (tertiary/aromatic N) is 2. The van der Waals surface area contributed by atoms with Gasteiger partial charge in [-0.25, -0.2) is 9.13 Å². The molecule has 0 fully saturated rings. The Balaban J connectivity index is 2.92. The maximum Gasteiger partial charge on any atom is 0.244 e. The second kappa shape index (κ2) is 2.92. The lowest BCUT2D eigenvalue weighted by molar-refractivity contribution is -0.753. The Morgan fingerprint density at radius 2 is 1.83 bits per heavy atom. The minimum Gasteiger partial charge on any atom is -0.235 e. The molecule has 1 heterocycles. The van der Waals surface area contributed by atoms with Gasteiger partial charge in [-0.05, 0) is 34.6 Å². The molecule has 68 valence electrons. The summed E-state index contributed by atoms with van der Waals surface area (Å²) >= 11 is 0. The molecule has 12 heavy (non-hydrogen) atoms. The summed E-state index contributed by atoms with van der Waals surface area (Å²) in [5.41, 5.74) is 0.195. The quantitative estimate of drug-likeness (QED) is 0.566. The third-order valence-corrected chi connectivity index (χ3v) is 2.03. The molecule has 0 saturated carbocycles. The van der Waals surface area contributed by atoms with Gasteiger partial charge in [0, 0.05) is 0 Å². The average Bonchev–Trinajstić information content (AvgIpc) is 2.30. The van der Waals surface area contributed by atoms with E-state index >= 15 is 0 Å². The average molecular weight is 167 g/mol. The number of hydrogen-bond acceptors (Lipinski definition) is 0. The van der Waals surface area contributed by atoms with Crippen LogP contribution in [0, 0.1) is 0 Å². The van der Waals surface area contributed by atoms with Crippen LogP contribution in [0.4, 0.5) is 0 Å². The molecule has 0 aliphatic rings. The summed E-state index contributed by atoms with van der Waals surface area (Å²) in [5.74, 6) is 0. The molecule has 0 atom stereocenters. The van der Waals surface area contributed by atoms with E-state index in [4.69, 9.17) is 0 Å². The molecule has 1 rings (SSSR count). The monoisotopic (exact) mass is 167 g/mol. The summed E-state index contributed by atoms with van der Waals surface area (Å²) in [7, 11) is 0. The van der Waals surface area contributed by atoms with Crippen LogP contribution in [0.5, 0.6) is 0 Å². The normalized spacial score (nSPS) is 12.5. The van der Waals surface area contributed by atoms with Gasteiger partial charge in [0.05, 0.1) is 6.04 Å². The van der Waals surface area contributed by atoms with Gasteiger partial charge in [-0.3, -0.25) is 0 Å². The highest BCUT2D eigenvalue weighted by Gasteiger charge is 2.19. The molecule has 1 aromatic heterocycles. The highest BCUT2D eigenvalue weighted by Crippen LogP contribution is 2.06. The summed E-state index contributed by atoms with van der Waals surface area (Å²) in [4.78, 5) is 0. The molecule has 0 bridgehead atoms. The second-order valence-electron chi connectivity index (χ2n) is 4.53. The van der Waals surface area contributed by atoms with Gasteiger partial charge < -0.3 is 0 Å². The predicted molar refractivity (Wildman–Crippen MR) is 50.0 cm³/mol. The smallest absolute Gasteiger partial charge is 0.235 e. The van der Waals surface area contributed by atoms with E-state index in [1.54, 1.807) is 0 Å². The van der Waals surface area contributed by atoms with Crippen molar-refractivity contribution in [2.45, 2.75) is 46.2 Å². The van der Waals surface area contributed by atoms with Crippen LogP contribution >= 0.6 is 0 Å². The van der Waals surface area contributed by atoms with Crippen LogP contribution in [0.3, 0.4) is 0 Å². The Hall–Kier alpha value is -0.790. The first-order chi connectivity index (χ1) is 5.41. The highest BCUT2D eigenvalue weighted by atomic mass is 15.2. The molecular formula is C10H19N2+. The van der Waals surface area contributed by atoms with Gasteiger partial charge in [-0.2, -0.15) is 0 Å². The molecule has 2 nitrogen and oxygen atoms in total. The van der Waals surface area contributed by atoms with Crippen molar-refractivity contribution in [1.29, 1.82) is 0 Å². The lowest BCUT2D eigenvalue weighted by Gasteiger charge is -2.13. The topological polar surface area (TPSA) is 8.81 Å².